The number of hydrogen-bond acceptors (Lipinski definition) is 6. The van der Waals surface area contributed by atoms with E-state index in [9.17, 15) is 0 Å². The lowest BCUT2D eigenvalue weighted by Gasteiger charge is -2.40. The lowest BCUT2D eigenvalue weighted by molar-refractivity contribution is 0.276. The molecule has 1 aromatic carbocycles. The van der Waals surface area contributed by atoms with Gasteiger partial charge >= 0.3 is 0 Å². The van der Waals surface area contributed by atoms with E-state index in [1.54, 1.807) is 24.7 Å². The molecule has 144 valence electrons. The molecule has 3 aliphatic heterocycles. The molecule has 0 radical (unpaired) electrons. The molecule has 4 heterocycles. The highest BCUT2D eigenvalue weighted by Crippen LogP contribution is 2.50. The molecule has 1 aromatic heterocycles. The molecule has 1 N–H and O–H groups in total. The predicted molar refractivity (Wildman–Crippen MR) is 108 cm³/mol. The number of halogens is 1. The van der Waals surface area contributed by atoms with Gasteiger partial charge in [0.1, 0.15) is 18.1 Å². The Balaban J connectivity index is 1.48. The van der Waals surface area contributed by atoms with E-state index in [4.69, 9.17) is 4.74 Å². The molecule has 7 heteroatoms. The zero-order chi connectivity index (χ0) is 19.3. The fourth-order valence-electron chi connectivity index (χ4n) is 4.19. The molecule has 5 rings (SSSR count). The van der Waals surface area contributed by atoms with Crippen LogP contribution in [0.25, 0.3) is 5.57 Å². The van der Waals surface area contributed by atoms with Crippen LogP contribution in [0.4, 0.5) is 21.6 Å². The van der Waals surface area contributed by atoms with Crippen molar-refractivity contribution >= 4 is 22.8 Å². The number of hydrogen-bond donors (Lipinski definition) is 1. The van der Waals surface area contributed by atoms with Crippen LogP contribution in [0.3, 0.4) is 0 Å². The largest absolute Gasteiger partial charge is 0.487 e. The topological polar surface area (TPSA) is 53.5 Å². The summed E-state index contributed by atoms with van der Waals surface area (Å²) in [5.41, 5.74) is 3.08. The summed E-state index contributed by atoms with van der Waals surface area (Å²) < 4.78 is 21.3. The Morgan fingerprint density at radius 2 is 2.21 bits per heavy atom. The number of benzene rings is 1. The summed E-state index contributed by atoms with van der Waals surface area (Å²) in [5.74, 6) is 1.10. The van der Waals surface area contributed by atoms with Gasteiger partial charge in [0.05, 0.1) is 17.9 Å². The van der Waals surface area contributed by atoms with Gasteiger partial charge in [-0.3, -0.25) is 4.98 Å². The van der Waals surface area contributed by atoms with Crippen molar-refractivity contribution in [1.29, 1.82) is 0 Å². The Hall–Kier alpha value is -3.09. The first-order valence-corrected chi connectivity index (χ1v) is 9.54. The lowest BCUT2D eigenvalue weighted by atomic mass is 9.97. The van der Waals surface area contributed by atoms with Gasteiger partial charge in [-0.15, -0.1) is 0 Å². The molecule has 28 heavy (non-hydrogen) atoms. The molecule has 1 fully saturated rings. The van der Waals surface area contributed by atoms with E-state index in [0.29, 0.717) is 24.6 Å². The van der Waals surface area contributed by atoms with Crippen LogP contribution in [0.5, 0.6) is 5.75 Å². The molecule has 0 spiro atoms. The minimum absolute atomic E-state index is 0.174. The third-order valence-corrected chi connectivity index (χ3v) is 5.59. The molecule has 0 bridgehead atoms. The summed E-state index contributed by atoms with van der Waals surface area (Å²) in [6, 6.07) is 1.96. The monoisotopic (exact) mass is 379 g/mol. The molecule has 2 atom stereocenters. The Morgan fingerprint density at radius 3 is 3.04 bits per heavy atom. The standard InChI is InChI=1S/C21H22FN5O/c1-13-3-8-27-14(2)12-28-21-19(27)16(13)9-17(22)20(21)26-7-4-15(11-26)25-18-10-23-5-6-24-18/h3,5-6,8-10,14-15H,1,4,7,11-12H2,2H3,(H,24,25)/t14-,15+/m0/s1. The average Bonchev–Trinajstić information content (AvgIpc) is 3.14. The minimum Gasteiger partial charge on any atom is -0.487 e. The summed E-state index contributed by atoms with van der Waals surface area (Å²) in [7, 11) is 0. The van der Waals surface area contributed by atoms with E-state index in [2.05, 4.69) is 38.6 Å². The Labute approximate surface area is 163 Å². The van der Waals surface area contributed by atoms with Gasteiger partial charge in [-0.25, -0.2) is 9.37 Å². The van der Waals surface area contributed by atoms with Crippen LogP contribution in [0.2, 0.25) is 0 Å². The zero-order valence-corrected chi connectivity index (χ0v) is 15.7. The van der Waals surface area contributed by atoms with Crippen LogP contribution in [-0.2, 0) is 0 Å². The first-order chi connectivity index (χ1) is 13.6. The number of nitrogens with one attached hydrogen (secondary N) is 1. The normalized spacial score (nSPS) is 22.9. The van der Waals surface area contributed by atoms with Crippen molar-refractivity contribution in [2.75, 3.05) is 34.8 Å². The number of allylic oxidation sites excluding steroid dienone is 2. The van der Waals surface area contributed by atoms with E-state index in [-0.39, 0.29) is 17.9 Å². The van der Waals surface area contributed by atoms with E-state index in [1.807, 2.05) is 12.3 Å². The van der Waals surface area contributed by atoms with Crippen molar-refractivity contribution in [2.24, 2.45) is 0 Å². The van der Waals surface area contributed by atoms with Crippen molar-refractivity contribution in [3.8, 4) is 5.75 Å². The summed E-state index contributed by atoms with van der Waals surface area (Å²) in [6.45, 7) is 8.12. The summed E-state index contributed by atoms with van der Waals surface area (Å²) in [6.07, 6.45) is 9.85. The summed E-state index contributed by atoms with van der Waals surface area (Å²) in [5, 5.41) is 3.38. The van der Waals surface area contributed by atoms with Gasteiger partial charge < -0.3 is 19.9 Å². The Bertz CT molecular complexity index is 961. The first-order valence-electron chi connectivity index (χ1n) is 9.54. The van der Waals surface area contributed by atoms with Gasteiger partial charge in [0.25, 0.3) is 0 Å². The summed E-state index contributed by atoms with van der Waals surface area (Å²) >= 11 is 0. The molecule has 3 aliphatic rings. The third-order valence-electron chi connectivity index (χ3n) is 5.59. The second kappa shape index (κ2) is 6.51. The fourth-order valence-corrected chi connectivity index (χ4v) is 4.19. The summed E-state index contributed by atoms with van der Waals surface area (Å²) in [4.78, 5) is 12.6. The smallest absolute Gasteiger partial charge is 0.169 e. The second-order valence-corrected chi connectivity index (χ2v) is 7.51. The molecular formula is C21H22FN5O. The van der Waals surface area contributed by atoms with Gasteiger partial charge in [0, 0.05) is 43.3 Å². The molecule has 2 aromatic rings. The highest BCUT2D eigenvalue weighted by atomic mass is 19.1. The van der Waals surface area contributed by atoms with E-state index >= 15 is 4.39 Å². The second-order valence-electron chi connectivity index (χ2n) is 7.51. The van der Waals surface area contributed by atoms with E-state index in [0.717, 1.165) is 35.6 Å². The van der Waals surface area contributed by atoms with Gasteiger partial charge in [-0.2, -0.15) is 0 Å². The SMILES string of the molecule is C=C1C=CN2c3c1cc(F)c(N1CC[C@@H](Nc4cnccn4)C1)c3OC[C@@H]2C. The van der Waals surface area contributed by atoms with Crippen molar-refractivity contribution in [3.63, 3.8) is 0 Å². The predicted octanol–water partition coefficient (Wildman–Crippen LogP) is 3.43. The zero-order valence-electron chi connectivity index (χ0n) is 15.7. The maximum absolute atomic E-state index is 15.2. The van der Waals surface area contributed by atoms with Gasteiger partial charge in [-0.05, 0) is 31.1 Å². The van der Waals surface area contributed by atoms with Crippen LogP contribution >= 0.6 is 0 Å². The van der Waals surface area contributed by atoms with Crippen LogP contribution in [0.15, 0.2) is 43.5 Å². The number of rotatable bonds is 3. The maximum atomic E-state index is 15.2. The van der Waals surface area contributed by atoms with E-state index < -0.39 is 0 Å². The van der Waals surface area contributed by atoms with Crippen LogP contribution in [-0.4, -0.2) is 41.7 Å². The minimum atomic E-state index is -0.264. The maximum Gasteiger partial charge on any atom is 0.169 e. The van der Waals surface area contributed by atoms with Gasteiger partial charge in [0.2, 0.25) is 0 Å². The van der Waals surface area contributed by atoms with Crippen LogP contribution in [0, 0.1) is 5.82 Å². The molecule has 0 amide bonds. The van der Waals surface area contributed by atoms with Crippen molar-refractivity contribution in [1.82, 2.24) is 9.97 Å². The Kier molecular flexibility index (Phi) is 3.96. The van der Waals surface area contributed by atoms with Crippen molar-refractivity contribution in [2.45, 2.75) is 25.4 Å². The highest BCUT2D eigenvalue weighted by Gasteiger charge is 2.36. The van der Waals surface area contributed by atoms with E-state index in [1.165, 1.54) is 0 Å². The molecule has 1 saturated heterocycles. The molecule has 0 unspecified atom stereocenters. The molecule has 0 saturated carbocycles. The number of aromatic nitrogens is 2. The first kappa shape index (κ1) is 17.0. The fraction of sp³-hybridized carbons (Fsp3) is 0.333. The Morgan fingerprint density at radius 1 is 1.32 bits per heavy atom. The van der Waals surface area contributed by atoms with Crippen LogP contribution in [0.1, 0.15) is 18.9 Å². The molecular weight excluding hydrogens is 357 g/mol. The number of ether oxygens (including phenoxy) is 1. The molecule has 6 nitrogen and oxygen atoms in total. The molecule has 0 aliphatic carbocycles. The van der Waals surface area contributed by atoms with Crippen molar-refractivity contribution in [3.05, 3.63) is 54.9 Å². The lowest BCUT2D eigenvalue weighted by Crippen LogP contribution is -2.40. The third kappa shape index (κ3) is 2.69. The number of nitrogens with zero attached hydrogens (tertiary/aromatic N) is 4. The quantitative estimate of drug-likeness (QED) is 0.882. The van der Waals surface area contributed by atoms with Gasteiger partial charge in [0.15, 0.2) is 11.6 Å². The van der Waals surface area contributed by atoms with Crippen LogP contribution < -0.4 is 19.9 Å². The van der Waals surface area contributed by atoms with Crippen molar-refractivity contribution < 1.29 is 9.13 Å². The van der Waals surface area contributed by atoms with Gasteiger partial charge in [-0.1, -0.05) is 6.58 Å². The highest BCUT2D eigenvalue weighted by molar-refractivity contribution is 5.92. The average molecular weight is 379 g/mol. The number of anilines is 3.